The number of rotatable bonds is 4. The van der Waals surface area contributed by atoms with Crippen LogP contribution < -0.4 is 5.32 Å². The van der Waals surface area contributed by atoms with Crippen molar-refractivity contribution in [3.05, 3.63) is 23.2 Å². The van der Waals surface area contributed by atoms with Crippen molar-refractivity contribution < 1.29 is 9.53 Å². The zero-order valence-electron chi connectivity index (χ0n) is 10.9. The Hall–Kier alpha value is -0.510. The standard InChI is InChI=1S/C10H19NO2.C2H2Cl2/c1-8(2)9(12)13-7-6-11-10(3,4)5;1-2(3)4/h11H,1,6-7H2,2-5H3;1H2. The van der Waals surface area contributed by atoms with E-state index in [9.17, 15) is 4.79 Å². The van der Waals surface area contributed by atoms with Crippen LogP contribution in [0.3, 0.4) is 0 Å². The fraction of sp³-hybridized carbons (Fsp3) is 0.583. The van der Waals surface area contributed by atoms with E-state index in [1.807, 2.05) is 0 Å². The summed E-state index contributed by atoms with van der Waals surface area (Å²) >= 11 is 9.69. The maximum Gasteiger partial charge on any atom is 0.333 e. The van der Waals surface area contributed by atoms with Gasteiger partial charge in [0.2, 0.25) is 0 Å². The molecule has 0 spiro atoms. The van der Waals surface area contributed by atoms with Crippen LogP contribution in [0.15, 0.2) is 23.2 Å². The Labute approximate surface area is 114 Å². The molecule has 0 radical (unpaired) electrons. The maximum absolute atomic E-state index is 10.9. The molecule has 0 aromatic heterocycles. The van der Waals surface area contributed by atoms with Gasteiger partial charge in [0.15, 0.2) is 0 Å². The first-order valence-corrected chi connectivity index (χ1v) is 5.89. The molecule has 3 nitrogen and oxygen atoms in total. The van der Waals surface area contributed by atoms with Gasteiger partial charge < -0.3 is 10.1 Å². The summed E-state index contributed by atoms with van der Waals surface area (Å²) in [7, 11) is 0. The van der Waals surface area contributed by atoms with E-state index in [-0.39, 0.29) is 16.0 Å². The molecule has 1 N–H and O–H groups in total. The van der Waals surface area contributed by atoms with Crippen molar-refractivity contribution in [2.45, 2.75) is 33.2 Å². The molecule has 0 aliphatic carbocycles. The van der Waals surface area contributed by atoms with E-state index in [1.54, 1.807) is 6.92 Å². The van der Waals surface area contributed by atoms with Gasteiger partial charge in [0.05, 0.1) is 4.49 Å². The Morgan fingerprint density at radius 1 is 1.29 bits per heavy atom. The van der Waals surface area contributed by atoms with Crippen molar-refractivity contribution in [3.8, 4) is 0 Å². The summed E-state index contributed by atoms with van der Waals surface area (Å²) in [6, 6.07) is 0. The highest BCUT2D eigenvalue weighted by Gasteiger charge is 2.08. The van der Waals surface area contributed by atoms with Crippen molar-refractivity contribution in [2.24, 2.45) is 0 Å². The summed E-state index contributed by atoms with van der Waals surface area (Å²) in [6.07, 6.45) is 0. The topological polar surface area (TPSA) is 38.3 Å². The first-order chi connectivity index (χ1) is 7.56. The van der Waals surface area contributed by atoms with Crippen LogP contribution in [0.4, 0.5) is 0 Å². The lowest BCUT2D eigenvalue weighted by Gasteiger charge is -2.20. The molecular formula is C12H21Cl2NO2. The minimum absolute atomic E-state index is 0.0651. The fourth-order valence-electron chi connectivity index (χ4n) is 0.693. The summed E-state index contributed by atoms with van der Waals surface area (Å²) < 4.78 is 5.01. The van der Waals surface area contributed by atoms with Gasteiger partial charge in [0, 0.05) is 17.7 Å². The number of halogens is 2. The van der Waals surface area contributed by atoms with E-state index < -0.39 is 0 Å². The summed E-state index contributed by atoms with van der Waals surface area (Å²) in [6.45, 7) is 15.5. The molecule has 0 amide bonds. The predicted molar refractivity (Wildman–Crippen MR) is 74.4 cm³/mol. The Balaban J connectivity index is 0. The van der Waals surface area contributed by atoms with Crippen molar-refractivity contribution in [1.29, 1.82) is 0 Å². The van der Waals surface area contributed by atoms with Crippen LogP contribution in [0.1, 0.15) is 27.7 Å². The van der Waals surface area contributed by atoms with Gasteiger partial charge in [0.1, 0.15) is 6.61 Å². The van der Waals surface area contributed by atoms with Crippen LogP contribution in [0.25, 0.3) is 0 Å². The van der Waals surface area contributed by atoms with Crippen LogP contribution in [-0.4, -0.2) is 24.7 Å². The van der Waals surface area contributed by atoms with Gasteiger partial charge in [-0.15, -0.1) is 0 Å². The van der Waals surface area contributed by atoms with E-state index in [1.165, 1.54) is 0 Å². The molecule has 0 heterocycles. The SMILES string of the molecule is C=C(C)C(=O)OCCNC(C)(C)C.C=C(Cl)Cl. The zero-order valence-corrected chi connectivity index (χ0v) is 12.4. The van der Waals surface area contributed by atoms with Gasteiger partial charge in [-0.3, -0.25) is 0 Å². The Bertz CT molecular complexity index is 266. The van der Waals surface area contributed by atoms with E-state index in [0.29, 0.717) is 18.7 Å². The van der Waals surface area contributed by atoms with E-state index in [4.69, 9.17) is 27.9 Å². The third kappa shape index (κ3) is 21.4. The molecule has 0 rings (SSSR count). The number of ether oxygens (including phenoxy) is 1. The zero-order chi connectivity index (χ0) is 14.1. The number of hydrogen-bond donors (Lipinski definition) is 1. The summed E-state index contributed by atoms with van der Waals surface area (Å²) in [5.74, 6) is -0.323. The van der Waals surface area contributed by atoms with E-state index in [0.717, 1.165) is 0 Å². The normalized spacial score (nSPS) is 10.0. The highest BCUT2D eigenvalue weighted by molar-refractivity contribution is 6.55. The van der Waals surface area contributed by atoms with Crippen LogP contribution in [0, 0.1) is 0 Å². The fourth-order valence-corrected chi connectivity index (χ4v) is 0.693. The third-order valence-corrected chi connectivity index (χ3v) is 1.34. The van der Waals surface area contributed by atoms with Gasteiger partial charge in [-0.1, -0.05) is 36.4 Å². The minimum atomic E-state index is -0.323. The second kappa shape index (κ2) is 9.51. The average Bonchev–Trinajstić information content (AvgIpc) is 2.09. The molecule has 0 saturated carbocycles. The molecule has 100 valence electrons. The molecule has 0 unspecified atom stereocenters. The molecule has 0 bridgehead atoms. The van der Waals surface area contributed by atoms with Crippen LogP contribution >= 0.6 is 23.2 Å². The average molecular weight is 282 g/mol. The quantitative estimate of drug-likeness (QED) is 0.487. The largest absolute Gasteiger partial charge is 0.461 e. The van der Waals surface area contributed by atoms with Crippen LogP contribution in [-0.2, 0) is 9.53 Å². The van der Waals surface area contributed by atoms with Gasteiger partial charge in [-0.2, -0.15) is 0 Å². The van der Waals surface area contributed by atoms with Crippen LogP contribution in [0.2, 0.25) is 0 Å². The second-order valence-electron chi connectivity index (χ2n) is 4.43. The Morgan fingerprint density at radius 2 is 1.71 bits per heavy atom. The van der Waals surface area contributed by atoms with Crippen molar-refractivity contribution in [2.75, 3.05) is 13.2 Å². The Morgan fingerprint density at radius 3 is 2.00 bits per heavy atom. The lowest BCUT2D eigenvalue weighted by Crippen LogP contribution is -2.38. The predicted octanol–water partition coefficient (Wildman–Crippen LogP) is 3.43. The summed E-state index contributed by atoms with van der Waals surface area (Å²) in [5, 5.41) is 3.21. The number of hydrogen-bond acceptors (Lipinski definition) is 3. The lowest BCUT2D eigenvalue weighted by atomic mass is 10.1. The number of nitrogens with one attached hydrogen (secondary N) is 1. The molecule has 0 aliphatic heterocycles. The molecule has 0 fully saturated rings. The lowest BCUT2D eigenvalue weighted by molar-refractivity contribution is -0.138. The minimum Gasteiger partial charge on any atom is -0.461 e. The molecule has 0 saturated heterocycles. The van der Waals surface area contributed by atoms with Gasteiger partial charge in [-0.05, 0) is 27.7 Å². The molecule has 0 aliphatic rings. The van der Waals surface area contributed by atoms with Gasteiger partial charge in [0.25, 0.3) is 0 Å². The number of carbonyl (C=O) groups is 1. The van der Waals surface area contributed by atoms with Gasteiger partial charge >= 0.3 is 5.97 Å². The Kier molecular flexibility index (Phi) is 10.5. The first-order valence-electron chi connectivity index (χ1n) is 5.14. The van der Waals surface area contributed by atoms with Crippen LogP contribution in [0.5, 0.6) is 0 Å². The molecule has 0 aromatic carbocycles. The number of carbonyl (C=O) groups excluding carboxylic acids is 1. The third-order valence-electron chi connectivity index (χ3n) is 1.34. The molecule has 0 aromatic rings. The summed E-state index contributed by atoms with van der Waals surface area (Å²) in [5.41, 5.74) is 0.506. The van der Waals surface area contributed by atoms with E-state index in [2.05, 4.69) is 39.2 Å². The molecule has 0 atom stereocenters. The van der Waals surface area contributed by atoms with Gasteiger partial charge in [-0.25, -0.2) is 4.79 Å². The summed E-state index contributed by atoms with van der Waals surface area (Å²) in [4.78, 5) is 10.9. The van der Waals surface area contributed by atoms with Crippen molar-refractivity contribution in [3.63, 3.8) is 0 Å². The molecule has 17 heavy (non-hydrogen) atoms. The van der Waals surface area contributed by atoms with E-state index >= 15 is 0 Å². The monoisotopic (exact) mass is 281 g/mol. The van der Waals surface area contributed by atoms with Crippen molar-refractivity contribution >= 4 is 29.2 Å². The van der Waals surface area contributed by atoms with Crippen molar-refractivity contribution in [1.82, 2.24) is 5.32 Å². The molecular weight excluding hydrogens is 261 g/mol. The first kappa shape index (κ1) is 18.8. The highest BCUT2D eigenvalue weighted by atomic mass is 35.5. The maximum atomic E-state index is 10.9. The smallest absolute Gasteiger partial charge is 0.333 e. The molecule has 5 heteroatoms. The number of esters is 1. The second-order valence-corrected chi connectivity index (χ2v) is 5.54. The highest BCUT2D eigenvalue weighted by Crippen LogP contribution is 1.98.